The van der Waals surface area contributed by atoms with Crippen molar-refractivity contribution in [2.75, 3.05) is 30.9 Å². The molecule has 0 saturated heterocycles. The Bertz CT molecular complexity index is 434. The molecule has 0 amide bonds. The first kappa shape index (κ1) is 18.8. The summed E-state index contributed by atoms with van der Waals surface area (Å²) in [6, 6.07) is 0. The minimum absolute atomic E-state index is 0.166. The first-order valence-electron chi connectivity index (χ1n) is 7.54. The van der Waals surface area contributed by atoms with Gasteiger partial charge in [0.15, 0.2) is 0 Å². The fraction of sp³-hybridized carbons (Fsp3) is 0.929. The number of hydrogen-bond acceptors (Lipinski definition) is 6. The zero-order chi connectivity index (χ0) is 15.9. The summed E-state index contributed by atoms with van der Waals surface area (Å²) in [6.07, 6.45) is 4.76. The molecular formula is C14H27NO4S2. The molecule has 7 heteroatoms. The van der Waals surface area contributed by atoms with E-state index in [1.807, 2.05) is 13.8 Å². The van der Waals surface area contributed by atoms with Gasteiger partial charge in [0, 0.05) is 17.3 Å². The number of hydrogen-bond donors (Lipinski definition) is 1. The van der Waals surface area contributed by atoms with E-state index in [-0.39, 0.29) is 11.7 Å². The van der Waals surface area contributed by atoms with E-state index in [1.165, 1.54) is 6.26 Å². The van der Waals surface area contributed by atoms with Crippen molar-refractivity contribution in [1.29, 1.82) is 0 Å². The second-order valence-corrected chi connectivity index (χ2v) is 9.22. The summed E-state index contributed by atoms with van der Waals surface area (Å²) < 4.78 is 27.6. The summed E-state index contributed by atoms with van der Waals surface area (Å²) in [7, 11) is -2.92. The maximum Gasteiger partial charge on any atom is 0.326 e. The van der Waals surface area contributed by atoms with Crippen LogP contribution < -0.4 is 5.32 Å². The van der Waals surface area contributed by atoms with Gasteiger partial charge in [-0.2, -0.15) is 11.8 Å². The van der Waals surface area contributed by atoms with Gasteiger partial charge in [-0.1, -0.05) is 6.92 Å². The van der Waals surface area contributed by atoms with Crippen LogP contribution in [0.1, 0.15) is 39.5 Å². The van der Waals surface area contributed by atoms with Gasteiger partial charge in [0.05, 0.1) is 12.4 Å². The Labute approximate surface area is 132 Å². The van der Waals surface area contributed by atoms with E-state index < -0.39 is 15.4 Å². The van der Waals surface area contributed by atoms with Crippen molar-refractivity contribution in [3.8, 4) is 0 Å². The van der Waals surface area contributed by atoms with Crippen molar-refractivity contribution in [2.45, 2.75) is 50.3 Å². The summed E-state index contributed by atoms with van der Waals surface area (Å²) >= 11 is 1.66. The summed E-state index contributed by atoms with van der Waals surface area (Å²) in [5.41, 5.74) is -0.592. The second-order valence-electron chi connectivity index (χ2n) is 5.55. The normalized spacial score (nSPS) is 26.5. The highest BCUT2D eigenvalue weighted by atomic mass is 32.2. The predicted molar refractivity (Wildman–Crippen MR) is 87.5 cm³/mol. The minimum atomic E-state index is -2.92. The van der Waals surface area contributed by atoms with Crippen LogP contribution >= 0.6 is 11.8 Å². The molecular weight excluding hydrogens is 310 g/mol. The number of esters is 1. The van der Waals surface area contributed by atoms with Crippen LogP contribution in [0, 0.1) is 0 Å². The highest BCUT2D eigenvalue weighted by molar-refractivity contribution is 8.01. The quantitative estimate of drug-likeness (QED) is 0.679. The highest BCUT2D eigenvalue weighted by Gasteiger charge is 2.43. The van der Waals surface area contributed by atoms with Crippen LogP contribution in [0.5, 0.6) is 0 Å². The van der Waals surface area contributed by atoms with Crippen LogP contribution in [0.2, 0.25) is 0 Å². The van der Waals surface area contributed by atoms with E-state index in [9.17, 15) is 13.2 Å². The van der Waals surface area contributed by atoms with Gasteiger partial charge in [-0.05, 0) is 39.2 Å². The average Bonchev–Trinajstić information content (AvgIpc) is 2.38. The van der Waals surface area contributed by atoms with E-state index >= 15 is 0 Å². The fourth-order valence-corrected chi connectivity index (χ4v) is 5.42. The van der Waals surface area contributed by atoms with Crippen molar-refractivity contribution >= 4 is 27.6 Å². The van der Waals surface area contributed by atoms with E-state index in [0.717, 1.165) is 25.8 Å². The summed E-state index contributed by atoms with van der Waals surface area (Å²) in [5, 5.41) is 3.62. The molecule has 1 fully saturated rings. The smallest absolute Gasteiger partial charge is 0.326 e. The predicted octanol–water partition coefficient (Wildman–Crippen LogP) is 1.62. The number of carbonyl (C=O) groups excluding carboxylic acids is 1. The van der Waals surface area contributed by atoms with Gasteiger partial charge in [0.25, 0.3) is 0 Å². The Morgan fingerprint density at radius 3 is 2.71 bits per heavy atom. The number of carbonyl (C=O) groups is 1. The van der Waals surface area contributed by atoms with E-state index in [0.29, 0.717) is 24.0 Å². The van der Waals surface area contributed by atoms with Crippen molar-refractivity contribution in [3.63, 3.8) is 0 Å². The lowest BCUT2D eigenvalue weighted by Crippen LogP contribution is -2.56. The van der Waals surface area contributed by atoms with Crippen molar-refractivity contribution in [3.05, 3.63) is 0 Å². The molecule has 0 aromatic heterocycles. The third-order valence-corrected chi connectivity index (χ3v) is 6.21. The van der Waals surface area contributed by atoms with Crippen molar-refractivity contribution in [2.24, 2.45) is 0 Å². The molecule has 0 radical (unpaired) electrons. The maximum absolute atomic E-state index is 12.3. The molecule has 0 aromatic rings. The molecule has 1 N–H and O–H groups in total. The molecule has 1 saturated carbocycles. The van der Waals surface area contributed by atoms with Gasteiger partial charge in [-0.15, -0.1) is 0 Å². The zero-order valence-electron chi connectivity index (χ0n) is 13.2. The lowest BCUT2D eigenvalue weighted by atomic mass is 9.81. The Morgan fingerprint density at radius 2 is 2.14 bits per heavy atom. The SMILES string of the molecule is CCNC1(C(=O)OCC)CCCC(SCCS(C)(=O)=O)C1. The van der Waals surface area contributed by atoms with Crippen molar-refractivity contribution in [1.82, 2.24) is 5.32 Å². The first-order chi connectivity index (χ1) is 9.83. The van der Waals surface area contributed by atoms with Crippen LogP contribution in [0.3, 0.4) is 0 Å². The van der Waals surface area contributed by atoms with Crippen LogP contribution in [0.15, 0.2) is 0 Å². The minimum Gasteiger partial charge on any atom is -0.465 e. The molecule has 2 unspecified atom stereocenters. The molecule has 1 aliphatic carbocycles. The standard InChI is InChI=1S/C14H27NO4S2/c1-4-15-14(13(16)19-5-2)8-6-7-12(11-14)20-9-10-21(3,17)18/h12,15H,4-11H2,1-3H3. The number of nitrogens with one attached hydrogen (secondary N) is 1. The second kappa shape index (κ2) is 8.39. The molecule has 0 aliphatic heterocycles. The third kappa shape index (κ3) is 6.16. The fourth-order valence-electron chi connectivity index (χ4n) is 2.76. The van der Waals surface area contributed by atoms with Crippen LogP contribution in [-0.2, 0) is 19.4 Å². The molecule has 21 heavy (non-hydrogen) atoms. The van der Waals surface area contributed by atoms with Gasteiger partial charge in [-0.25, -0.2) is 8.42 Å². The number of thioether (sulfide) groups is 1. The van der Waals surface area contributed by atoms with Gasteiger partial charge in [0.1, 0.15) is 15.4 Å². The summed E-state index contributed by atoms with van der Waals surface area (Å²) in [6.45, 7) is 4.91. The Balaban J connectivity index is 2.63. The molecule has 5 nitrogen and oxygen atoms in total. The molecule has 0 bridgehead atoms. The topological polar surface area (TPSA) is 72.5 Å². The van der Waals surface area contributed by atoms with Gasteiger partial charge in [0.2, 0.25) is 0 Å². The molecule has 0 aromatic carbocycles. The molecule has 1 aliphatic rings. The number of ether oxygens (including phenoxy) is 1. The Morgan fingerprint density at radius 1 is 1.43 bits per heavy atom. The Kier molecular flexibility index (Phi) is 7.50. The highest BCUT2D eigenvalue weighted by Crippen LogP contribution is 2.36. The van der Waals surface area contributed by atoms with Crippen molar-refractivity contribution < 1.29 is 17.9 Å². The summed E-state index contributed by atoms with van der Waals surface area (Å²) in [5.74, 6) is 0.622. The monoisotopic (exact) mass is 337 g/mol. The number of sulfone groups is 1. The van der Waals surface area contributed by atoms with E-state index in [2.05, 4.69) is 5.32 Å². The van der Waals surface area contributed by atoms with Crippen LogP contribution in [-0.4, -0.2) is 56.1 Å². The lowest BCUT2D eigenvalue weighted by Gasteiger charge is -2.39. The average molecular weight is 338 g/mol. The lowest BCUT2D eigenvalue weighted by molar-refractivity contribution is -0.152. The molecule has 2 atom stereocenters. The third-order valence-electron chi connectivity index (χ3n) is 3.69. The zero-order valence-corrected chi connectivity index (χ0v) is 14.8. The molecule has 124 valence electrons. The molecule has 1 rings (SSSR count). The molecule has 0 spiro atoms. The summed E-state index contributed by atoms with van der Waals surface area (Å²) in [4.78, 5) is 12.3. The number of rotatable bonds is 8. The Hall–Kier alpha value is -0.270. The van der Waals surface area contributed by atoms with E-state index in [1.54, 1.807) is 11.8 Å². The number of likely N-dealkylation sites (N-methyl/N-ethyl adjacent to an activating group) is 1. The van der Waals surface area contributed by atoms with Crippen LogP contribution in [0.25, 0.3) is 0 Å². The van der Waals surface area contributed by atoms with E-state index in [4.69, 9.17) is 4.74 Å². The molecule has 0 heterocycles. The maximum atomic E-state index is 12.3. The van der Waals surface area contributed by atoms with Gasteiger partial charge < -0.3 is 10.1 Å². The largest absolute Gasteiger partial charge is 0.465 e. The first-order valence-corrected chi connectivity index (χ1v) is 10.7. The van der Waals surface area contributed by atoms with Crippen LogP contribution in [0.4, 0.5) is 0 Å². The van der Waals surface area contributed by atoms with Gasteiger partial charge >= 0.3 is 5.97 Å². The van der Waals surface area contributed by atoms with Gasteiger partial charge in [-0.3, -0.25) is 4.79 Å².